The lowest BCUT2D eigenvalue weighted by atomic mass is 10.0. The first kappa shape index (κ1) is 16.8. The number of carbonyl (C=O) groups excluding carboxylic acids is 1. The molecule has 1 amide bonds. The molecule has 3 N–H and O–H groups in total. The molecule has 1 aromatic rings. The lowest BCUT2D eigenvalue weighted by molar-refractivity contribution is -0.116. The van der Waals surface area contributed by atoms with Crippen LogP contribution in [0.3, 0.4) is 0 Å². The van der Waals surface area contributed by atoms with Crippen molar-refractivity contribution in [2.75, 3.05) is 29.4 Å². The molecule has 122 valence electrons. The second kappa shape index (κ2) is 7.11. The van der Waals surface area contributed by atoms with Crippen LogP contribution in [0.15, 0.2) is 18.2 Å². The van der Waals surface area contributed by atoms with Crippen molar-refractivity contribution in [1.29, 1.82) is 0 Å². The second-order valence-electron chi connectivity index (χ2n) is 5.87. The van der Waals surface area contributed by atoms with Gasteiger partial charge in [0.15, 0.2) is 0 Å². The summed E-state index contributed by atoms with van der Waals surface area (Å²) in [6, 6.07) is 5.22. The fourth-order valence-corrected chi connectivity index (χ4v) is 3.14. The zero-order valence-electron chi connectivity index (χ0n) is 13.0. The van der Waals surface area contributed by atoms with Crippen LogP contribution in [-0.4, -0.2) is 33.7 Å². The van der Waals surface area contributed by atoms with Gasteiger partial charge in [0.1, 0.15) is 0 Å². The maximum absolute atomic E-state index is 12.1. The van der Waals surface area contributed by atoms with Crippen molar-refractivity contribution in [3.63, 3.8) is 0 Å². The van der Waals surface area contributed by atoms with Gasteiger partial charge in [-0.2, -0.15) is 0 Å². The SMILES string of the molecule is Cc1ccc(NS(C)(=O)=O)c(NC(=O)CCC2CCNC2)c1. The Balaban J connectivity index is 2.00. The van der Waals surface area contributed by atoms with Gasteiger partial charge >= 0.3 is 0 Å². The first-order valence-electron chi connectivity index (χ1n) is 7.42. The number of sulfonamides is 1. The van der Waals surface area contributed by atoms with Crippen molar-refractivity contribution >= 4 is 27.3 Å². The Hall–Kier alpha value is -1.60. The number of hydrogen-bond donors (Lipinski definition) is 3. The summed E-state index contributed by atoms with van der Waals surface area (Å²) in [5, 5.41) is 6.09. The standard InChI is InChI=1S/C15H23N3O3S/c1-11-3-5-13(18-22(2,20)21)14(9-11)17-15(19)6-4-12-7-8-16-10-12/h3,5,9,12,16,18H,4,6-8,10H2,1-2H3,(H,17,19). The first-order valence-corrected chi connectivity index (χ1v) is 9.31. The van der Waals surface area contributed by atoms with Crippen LogP contribution in [0, 0.1) is 12.8 Å². The minimum absolute atomic E-state index is 0.0888. The number of benzene rings is 1. The third-order valence-electron chi connectivity index (χ3n) is 3.69. The van der Waals surface area contributed by atoms with E-state index < -0.39 is 10.0 Å². The van der Waals surface area contributed by atoms with E-state index in [0.29, 0.717) is 23.7 Å². The van der Waals surface area contributed by atoms with Crippen molar-refractivity contribution in [1.82, 2.24) is 5.32 Å². The highest BCUT2D eigenvalue weighted by molar-refractivity contribution is 7.92. The van der Waals surface area contributed by atoms with E-state index in [1.807, 2.05) is 6.92 Å². The van der Waals surface area contributed by atoms with Gasteiger partial charge in [-0.3, -0.25) is 9.52 Å². The number of hydrogen-bond acceptors (Lipinski definition) is 4. The predicted molar refractivity (Wildman–Crippen MR) is 88.5 cm³/mol. The molecule has 7 heteroatoms. The summed E-state index contributed by atoms with van der Waals surface area (Å²) in [6.07, 6.45) is 3.49. The van der Waals surface area contributed by atoms with Gasteiger partial charge in [-0.05, 0) is 56.5 Å². The van der Waals surface area contributed by atoms with Crippen LogP contribution in [0.5, 0.6) is 0 Å². The van der Waals surface area contributed by atoms with Gasteiger partial charge in [-0.15, -0.1) is 0 Å². The maximum Gasteiger partial charge on any atom is 0.229 e. The van der Waals surface area contributed by atoms with Gasteiger partial charge in [0.05, 0.1) is 17.6 Å². The van der Waals surface area contributed by atoms with E-state index >= 15 is 0 Å². The predicted octanol–water partition coefficient (Wildman–Crippen LogP) is 1.69. The molecular formula is C15H23N3O3S. The van der Waals surface area contributed by atoms with Gasteiger partial charge in [0.2, 0.25) is 15.9 Å². The van der Waals surface area contributed by atoms with Crippen molar-refractivity contribution < 1.29 is 13.2 Å². The van der Waals surface area contributed by atoms with Gasteiger partial charge in [0, 0.05) is 6.42 Å². The average molecular weight is 325 g/mol. The Morgan fingerprint density at radius 3 is 2.77 bits per heavy atom. The molecule has 0 bridgehead atoms. The van der Waals surface area contributed by atoms with Crippen molar-refractivity contribution in [3.05, 3.63) is 23.8 Å². The largest absolute Gasteiger partial charge is 0.324 e. The molecule has 22 heavy (non-hydrogen) atoms. The molecule has 0 radical (unpaired) electrons. The quantitative estimate of drug-likeness (QED) is 0.743. The van der Waals surface area contributed by atoms with E-state index in [2.05, 4.69) is 15.4 Å². The minimum atomic E-state index is -3.38. The van der Waals surface area contributed by atoms with Crippen LogP contribution in [0.1, 0.15) is 24.8 Å². The summed E-state index contributed by atoms with van der Waals surface area (Å²) in [5.74, 6) is 0.464. The Morgan fingerprint density at radius 2 is 2.14 bits per heavy atom. The summed E-state index contributed by atoms with van der Waals surface area (Å²) in [5.41, 5.74) is 1.85. The molecule has 1 saturated heterocycles. The van der Waals surface area contributed by atoms with Crippen LogP contribution in [0.2, 0.25) is 0 Å². The van der Waals surface area contributed by atoms with E-state index in [1.54, 1.807) is 18.2 Å². The molecule has 2 rings (SSSR count). The summed E-state index contributed by atoms with van der Waals surface area (Å²) in [4.78, 5) is 12.1. The second-order valence-corrected chi connectivity index (χ2v) is 7.62. The molecule has 0 aliphatic carbocycles. The van der Waals surface area contributed by atoms with E-state index in [1.165, 1.54) is 0 Å². The van der Waals surface area contributed by atoms with E-state index in [0.717, 1.165) is 37.8 Å². The third-order valence-corrected chi connectivity index (χ3v) is 4.28. The topological polar surface area (TPSA) is 87.3 Å². The Labute approximate surface area is 131 Å². The summed E-state index contributed by atoms with van der Waals surface area (Å²) in [6.45, 7) is 3.88. The normalized spacial score (nSPS) is 18.2. The summed E-state index contributed by atoms with van der Waals surface area (Å²) < 4.78 is 25.2. The van der Waals surface area contributed by atoms with E-state index in [9.17, 15) is 13.2 Å². The van der Waals surface area contributed by atoms with Gasteiger partial charge in [-0.1, -0.05) is 6.07 Å². The summed E-state index contributed by atoms with van der Waals surface area (Å²) in [7, 11) is -3.38. The van der Waals surface area contributed by atoms with Gasteiger partial charge < -0.3 is 10.6 Å². The molecule has 1 aliphatic rings. The monoisotopic (exact) mass is 325 g/mol. The molecule has 0 spiro atoms. The smallest absolute Gasteiger partial charge is 0.229 e. The van der Waals surface area contributed by atoms with Crippen LogP contribution in [-0.2, 0) is 14.8 Å². The van der Waals surface area contributed by atoms with Crippen LogP contribution < -0.4 is 15.4 Å². The Kier molecular flexibility index (Phi) is 5.42. The van der Waals surface area contributed by atoms with Crippen molar-refractivity contribution in [2.24, 2.45) is 5.92 Å². The maximum atomic E-state index is 12.1. The van der Waals surface area contributed by atoms with Crippen molar-refractivity contribution in [2.45, 2.75) is 26.2 Å². The molecule has 0 saturated carbocycles. The zero-order valence-corrected chi connectivity index (χ0v) is 13.8. The van der Waals surface area contributed by atoms with E-state index in [4.69, 9.17) is 0 Å². The molecule has 1 fully saturated rings. The molecule has 1 aromatic carbocycles. The highest BCUT2D eigenvalue weighted by Gasteiger charge is 2.16. The molecule has 1 unspecified atom stereocenters. The summed E-state index contributed by atoms with van der Waals surface area (Å²) >= 11 is 0. The van der Waals surface area contributed by atoms with Gasteiger partial charge in [0.25, 0.3) is 0 Å². The fraction of sp³-hybridized carbons (Fsp3) is 0.533. The molecule has 0 aromatic heterocycles. The minimum Gasteiger partial charge on any atom is -0.324 e. The Morgan fingerprint density at radius 1 is 1.36 bits per heavy atom. The molecular weight excluding hydrogens is 302 g/mol. The van der Waals surface area contributed by atoms with Crippen LogP contribution >= 0.6 is 0 Å². The van der Waals surface area contributed by atoms with Crippen molar-refractivity contribution in [3.8, 4) is 0 Å². The highest BCUT2D eigenvalue weighted by Crippen LogP contribution is 2.24. The fourth-order valence-electron chi connectivity index (χ4n) is 2.56. The molecule has 1 heterocycles. The number of carbonyl (C=O) groups is 1. The van der Waals surface area contributed by atoms with Crippen LogP contribution in [0.25, 0.3) is 0 Å². The van der Waals surface area contributed by atoms with Crippen LogP contribution in [0.4, 0.5) is 11.4 Å². The lowest BCUT2D eigenvalue weighted by Crippen LogP contribution is -2.17. The van der Waals surface area contributed by atoms with E-state index in [-0.39, 0.29) is 5.91 Å². The molecule has 6 nitrogen and oxygen atoms in total. The number of aryl methyl sites for hydroxylation is 1. The average Bonchev–Trinajstić information content (AvgIpc) is 2.91. The lowest BCUT2D eigenvalue weighted by Gasteiger charge is -2.14. The third kappa shape index (κ3) is 5.31. The number of anilines is 2. The number of amides is 1. The highest BCUT2D eigenvalue weighted by atomic mass is 32.2. The zero-order chi connectivity index (χ0) is 16.2. The number of nitrogens with one attached hydrogen (secondary N) is 3. The molecule has 1 aliphatic heterocycles. The van der Waals surface area contributed by atoms with Gasteiger partial charge in [-0.25, -0.2) is 8.42 Å². The number of rotatable bonds is 6. The Bertz CT molecular complexity index is 637. The molecule has 1 atom stereocenters. The first-order chi connectivity index (χ1) is 10.3.